The topological polar surface area (TPSA) is 24.5 Å². The first-order valence-electron chi connectivity index (χ1n) is 7.24. The average Bonchev–Trinajstić information content (AvgIpc) is 2.85. The van der Waals surface area contributed by atoms with Gasteiger partial charge in [-0.1, -0.05) is 38.1 Å². The van der Waals surface area contributed by atoms with Crippen LogP contribution in [0, 0.1) is 0 Å². The summed E-state index contributed by atoms with van der Waals surface area (Å²) in [6, 6.07) is 9.27. The monoisotopic (exact) mass is 262 g/mol. The number of likely N-dealkylation sites (tertiary alicyclic amines) is 1. The van der Waals surface area contributed by atoms with E-state index in [1.807, 2.05) is 7.11 Å². The minimum Gasteiger partial charge on any atom is -0.380 e. The summed E-state index contributed by atoms with van der Waals surface area (Å²) in [6.07, 6.45) is 1.57. The molecule has 1 aromatic carbocycles. The molecule has 2 rings (SSSR count). The molecule has 0 radical (unpaired) electrons. The molecule has 106 valence electrons. The molecule has 0 bridgehead atoms. The Morgan fingerprint density at radius 1 is 1.32 bits per heavy atom. The number of methoxy groups -OCH3 is 1. The van der Waals surface area contributed by atoms with E-state index in [1.165, 1.54) is 11.1 Å². The van der Waals surface area contributed by atoms with Gasteiger partial charge in [-0.25, -0.2) is 0 Å². The first-order chi connectivity index (χ1) is 9.19. The SMILES string of the molecule is COC1CCN(Cc2ccccc2CNC(C)C)C1. The van der Waals surface area contributed by atoms with Crippen molar-refractivity contribution in [3.63, 3.8) is 0 Å². The number of nitrogens with one attached hydrogen (secondary N) is 1. The Balaban J connectivity index is 1.96. The van der Waals surface area contributed by atoms with Crippen LogP contribution < -0.4 is 5.32 Å². The maximum absolute atomic E-state index is 5.43. The van der Waals surface area contributed by atoms with Crippen molar-refractivity contribution in [2.45, 2.75) is 45.5 Å². The maximum atomic E-state index is 5.43. The van der Waals surface area contributed by atoms with E-state index in [-0.39, 0.29) is 0 Å². The van der Waals surface area contributed by atoms with Crippen LogP contribution in [0.3, 0.4) is 0 Å². The van der Waals surface area contributed by atoms with Gasteiger partial charge in [0.05, 0.1) is 6.10 Å². The van der Waals surface area contributed by atoms with E-state index in [9.17, 15) is 0 Å². The zero-order chi connectivity index (χ0) is 13.7. The summed E-state index contributed by atoms with van der Waals surface area (Å²) in [6.45, 7) is 8.57. The average molecular weight is 262 g/mol. The largest absolute Gasteiger partial charge is 0.380 e. The lowest BCUT2D eigenvalue weighted by Crippen LogP contribution is -2.25. The first kappa shape index (κ1) is 14.5. The van der Waals surface area contributed by atoms with E-state index >= 15 is 0 Å². The van der Waals surface area contributed by atoms with Crippen LogP contribution in [0.1, 0.15) is 31.4 Å². The number of rotatable bonds is 6. The Hall–Kier alpha value is -0.900. The van der Waals surface area contributed by atoms with Crippen molar-refractivity contribution in [3.8, 4) is 0 Å². The Bertz CT molecular complexity index is 392. The predicted octanol–water partition coefficient (Wildman–Crippen LogP) is 2.41. The van der Waals surface area contributed by atoms with E-state index in [4.69, 9.17) is 4.74 Å². The summed E-state index contributed by atoms with van der Waals surface area (Å²) in [5, 5.41) is 3.50. The standard InChI is InChI=1S/C16H26N2O/c1-13(2)17-10-14-6-4-5-7-15(14)11-18-9-8-16(12-18)19-3/h4-7,13,16-17H,8-12H2,1-3H3. The lowest BCUT2D eigenvalue weighted by atomic mass is 10.1. The second-order valence-corrected chi connectivity index (χ2v) is 5.69. The van der Waals surface area contributed by atoms with Gasteiger partial charge in [0, 0.05) is 39.3 Å². The number of nitrogens with zero attached hydrogens (tertiary/aromatic N) is 1. The van der Waals surface area contributed by atoms with Gasteiger partial charge in [-0.15, -0.1) is 0 Å². The molecule has 1 atom stereocenters. The van der Waals surface area contributed by atoms with E-state index in [1.54, 1.807) is 0 Å². The molecular weight excluding hydrogens is 236 g/mol. The van der Waals surface area contributed by atoms with Crippen LogP contribution in [0.2, 0.25) is 0 Å². The van der Waals surface area contributed by atoms with Crippen LogP contribution in [0.5, 0.6) is 0 Å². The summed E-state index contributed by atoms with van der Waals surface area (Å²) in [5.41, 5.74) is 2.85. The fraction of sp³-hybridized carbons (Fsp3) is 0.625. The molecule has 1 unspecified atom stereocenters. The molecule has 1 aliphatic heterocycles. The maximum Gasteiger partial charge on any atom is 0.0710 e. The number of ether oxygens (including phenoxy) is 1. The lowest BCUT2D eigenvalue weighted by Gasteiger charge is -2.19. The third-order valence-electron chi connectivity index (χ3n) is 3.78. The third-order valence-corrected chi connectivity index (χ3v) is 3.78. The molecule has 0 aromatic heterocycles. The van der Waals surface area contributed by atoms with E-state index in [2.05, 4.69) is 48.3 Å². The minimum absolute atomic E-state index is 0.418. The third kappa shape index (κ3) is 4.30. The second kappa shape index (κ2) is 7.04. The Morgan fingerprint density at radius 2 is 2.05 bits per heavy atom. The smallest absolute Gasteiger partial charge is 0.0710 e. The van der Waals surface area contributed by atoms with Gasteiger partial charge in [0.25, 0.3) is 0 Å². The summed E-state index contributed by atoms with van der Waals surface area (Å²) in [7, 11) is 1.81. The number of benzene rings is 1. The summed E-state index contributed by atoms with van der Waals surface area (Å²) in [5.74, 6) is 0. The highest BCUT2D eigenvalue weighted by molar-refractivity contribution is 5.27. The van der Waals surface area contributed by atoms with Gasteiger partial charge < -0.3 is 10.1 Å². The van der Waals surface area contributed by atoms with Crippen molar-refractivity contribution >= 4 is 0 Å². The Morgan fingerprint density at radius 3 is 2.68 bits per heavy atom. The van der Waals surface area contributed by atoms with Gasteiger partial charge in [-0.05, 0) is 17.5 Å². The second-order valence-electron chi connectivity index (χ2n) is 5.69. The molecule has 1 aromatic rings. The zero-order valence-corrected chi connectivity index (χ0v) is 12.4. The number of hydrogen-bond donors (Lipinski definition) is 1. The summed E-state index contributed by atoms with van der Waals surface area (Å²) < 4.78 is 5.43. The van der Waals surface area contributed by atoms with Crippen LogP contribution in [0.15, 0.2) is 24.3 Å². The van der Waals surface area contributed by atoms with Gasteiger partial charge in [0.2, 0.25) is 0 Å². The van der Waals surface area contributed by atoms with Crippen molar-refractivity contribution in [2.24, 2.45) is 0 Å². The molecule has 1 fully saturated rings. The molecule has 3 heteroatoms. The molecule has 19 heavy (non-hydrogen) atoms. The Kier molecular flexibility index (Phi) is 5.37. The van der Waals surface area contributed by atoms with Crippen molar-refractivity contribution in [3.05, 3.63) is 35.4 Å². The Labute approximate surface area is 116 Å². The van der Waals surface area contributed by atoms with Gasteiger partial charge in [-0.3, -0.25) is 4.90 Å². The van der Waals surface area contributed by atoms with Crippen LogP contribution >= 0.6 is 0 Å². The quantitative estimate of drug-likeness (QED) is 0.852. The minimum atomic E-state index is 0.418. The van der Waals surface area contributed by atoms with E-state index in [0.717, 1.165) is 32.6 Å². The predicted molar refractivity (Wildman–Crippen MR) is 79.1 cm³/mol. The molecule has 1 aliphatic rings. The number of hydrogen-bond acceptors (Lipinski definition) is 3. The highest BCUT2D eigenvalue weighted by atomic mass is 16.5. The van der Waals surface area contributed by atoms with E-state index < -0.39 is 0 Å². The van der Waals surface area contributed by atoms with Gasteiger partial charge in [0.1, 0.15) is 0 Å². The van der Waals surface area contributed by atoms with Crippen molar-refractivity contribution in [2.75, 3.05) is 20.2 Å². The fourth-order valence-corrected chi connectivity index (χ4v) is 2.57. The summed E-state index contributed by atoms with van der Waals surface area (Å²) >= 11 is 0. The highest BCUT2D eigenvalue weighted by Crippen LogP contribution is 2.17. The molecular formula is C16H26N2O. The van der Waals surface area contributed by atoms with Crippen molar-refractivity contribution in [1.29, 1.82) is 0 Å². The first-order valence-corrected chi connectivity index (χ1v) is 7.24. The van der Waals surface area contributed by atoms with Crippen LogP contribution in [-0.4, -0.2) is 37.2 Å². The van der Waals surface area contributed by atoms with Gasteiger partial charge in [-0.2, -0.15) is 0 Å². The molecule has 1 N–H and O–H groups in total. The van der Waals surface area contributed by atoms with Crippen LogP contribution in [0.25, 0.3) is 0 Å². The fourth-order valence-electron chi connectivity index (χ4n) is 2.57. The molecule has 3 nitrogen and oxygen atoms in total. The lowest BCUT2D eigenvalue weighted by molar-refractivity contribution is 0.107. The zero-order valence-electron chi connectivity index (χ0n) is 12.4. The van der Waals surface area contributed by atoms with E-state index in [0.29, 0.717) is 12.1 Å². The van der Waals surface area contributed by atoms with Gasteiger partial charge >= 0.3 is 0 Å². The van der Waals surface area contributed by atoms with Crippen LogP contribution in [0.4, 0.5) is 0 Å². The normalized spacial score (nSPS) is 20.3. The molecule has 1 heterocycles. The van der Waals surface area contributed by atoms with Crippen LogP contribution in [-0.2, 0) is 17.8 Å². The highest BCUT2D eigenvalue weighted by Gasteiger charge is 2.22. The van der Waals surface area contributed by atoms with Crippen molar-refractivity contribution < 1.29 is 4.74 Å². The molecule has 0 aliphatic carbocycles. The summed E-state index contributed by atoms with van der Waals surface area (Å²) in [4.78, 5) is 2.49. The molecule has 0 spiro atoms. The van der Waals surface area contributed by atoms with Crippen molar-refractivity contribution in [1.82, 2.24) is 10.2 Å². The molecule has 1 saturated heterocycles. The van der Waals surface area contributed by atoms with Gasteiger partial charge in [0.15, 0.2) is 0 Å². The molecule has 0 amide bonds. The molecule has 0 saturated carbocycles.